The van der Waals surface area contributed by atoms with E-state index in [2.05, 4.69) is 43.7 Å². The van der Waals surface area contributed by atoms with Crippen LogP contribution in [-0.2, 0) is 9.53 Å². The standard InChI is InChI=1S/C23H40O2/c1-5-6-11-19(2)13-9-14-21-15-10-16-22(21)18-20(3)12-7-8-17-23(24)25-4/h9,12,14,19,21-22H,5-8,10-11,13,15-18H2,1-4H3/t19?,21-,22+/m0/s1. The molecule has 0 aromatic rings. The van der Waals surface area contributed by atoms with E-state index in [1.54, 1.807) is 0 Å². The molecule has 0 radical (unpaired) electrons. The van der Waals surface area contributed by atoms with Crippen LogP contribution in [-0.4, -0.2) is 13.1 Å². The second-order valence-corrected chi connectivity index (χ2v) is 7.99. The summed E-state index contributed by atoms with van der Waals surface area (Å²) in [7, 11) is 1.46. The van der Waals surface area contributed by atoms with Crippen LogP contribution in [0.15, 0.2) is 23.8 Å². The highest BCUT2D eigenvalue weighted by Crippen LogP contribution is 2.37. The van der Waals surface area contributed by atoms with Crippen LogP contribution < -0.4 is 0 Å². The zero-order valence-corrected chi connectivity index (χ0v) is 17.1. The summed E-state index contributed by atoms with van der Waals surface area (Å²) in [4.78, 5) is 11.1. The van der Waals surface area contributed by atoms with Crippen molar-refractivity contribution in [2.24, 2.45) is 17.8 Å². The number of unbranched alkanes of at least 4 members (excludes halogenated alkanes) is 2. The Kier molecular flexibility index (Phi) is 11.6. The topological polar surface area (TPSA) is 26.3 Å². The second-order valence-electron chi connectivity index (χ2n) is 7.99. The van der Waals surface area contributed by atoms with Crippen LogP contribution in [0.25, 0.3) is 0 Å². The van der Waals surface area contributed by atoms with E-state index >= 15 is 0 Å². The molecule has 1 unspecified atom stereocenters. The fourth-order valence-electron chi connectivity index (χ4n) is 3.92. The summed E-state index contributed by atoms with van der Waals surface area (Å²) in [6, 6.07) is 0. The van der Waals surface area contributed by atoms with Gasteiger partial charge in [0.2, 0.25) is 0 Å². The third kappa shape index (κ3) is 9.87. The maximum Gasteiger partial charge on any atom is 0.305 e. The lowest BCUT2D eigenvalue weighted by Crippen LogP contribution is -2.06. The summed E-state index contributed by atoms with van der Waals surface area (Å²) >= 11 is 0. The Labute approximate surface area is 156 Å². The quantitative estimate of drug-likeness (QED) is 0.219. The molecule has 0 aromatic heterocycles. The van der Waals surface area contributed by atoms with E-state index in [1.165, 1.54) is 64.0 Å². The van der Waals surface area contributed by atoms with Crippen molar-refractivity contribution in [1.82, 2.24) is 0 Å². The largest absolute Gasteiger partial charge is 0.469 e. The third-order valence-electron chi connectivity index (χ3n) is 5.58. The van der Waals surface area contributed by atoms with E-state index in [1.807, 2.05) is 0 Å². The first-order valence-corrected chi connectivity index (χ1v) is 10.5. The molecule has 1 aliphatic carbocycles. The monoisotopic (exact) mass is 348 g/mol. The van der Waals surface area contributed by atoms with Gasteiger partial charge in [-0.3, -0.25) is 4.79 Å². The molecule has 0 aromatic carbocycles. The van der Waals surface area contributed by atoms with E-state index in [0.717, 1.165) is 30.6 Å². The van der Waals surface area contributed by atoms with Gasteiger partial charge in [-0.15, -0.1) is 0 Å². The van der Waals surface area contributed by atoms with Crippen LogP contribution in [0, 0.1) is 17.8 Å². The van der Waals surface area contributed by atoms with Crippen molar-refractivity contribution in [2.45, 2.75) is 91.4 Å². The minimum absolute atomic E-state index is 0.0970. The van der Waals surface area contributed by atoms with Crippen molar-refractivity contribution in [3.63, 3.8) is 0 Å². The molecule has 0 spiro atoms. The lowest BCUT2D eigenvalue weighted by molar-refractivity contribution is -0.140. The Balaban J connectivity index is 2.32. The van der Waals surface area contributed by atoms with Crippen LogP contribution in [0.4, 0.5) is 0 Å². The lowest BCUT2D eigenvalue weighted by atomic mass is 9.88. The van der Waals surface area contributed by atoms with Gasteiger partial charge >= 0.3 is 5.97 Å². The third-order valence-corrected chi connectivity index (χ3v) is 5.58. The van der Waals surface area contributed by atoms with Crippen LogP contribution in [0.2, 0.25) is 0 Å². The number of hydrogen-bond acceptors (Lipinski definition) is 2. The van der Waals surface area contributed by atoms with Gasteiger partial charge in [-0.25, -0.2) is 0 Å². The Morgan fingerprint density at radius 2 is 2.08 bits per heavy atom. The molecule has 3 atom stereocenters. The van der Waals surface area contributed by atoms with Gasteiger partial charge in [0.25, 0.3) is 0 Å². The lowest BCUT2D eigenvalue weighted by Gasteiger charge is -2.17. The van der Waals surface area contributed by atoms with Gasteiger partial charge in [0.05, 0.1) is 7.11 Å². The predicted octanol–water partition coefficient (Wildman–Crippen LogP) is 6.86. The molecule has 25 heavy (non-hydrogen) atoms. The smallest absolute Gasteiger partial charge is 0.305 e. The van der Waals surface area contributed by atoms with E-state index in [0.29, 0.717) is 6.42 Å². The summed E-state index contributed by atoms with van der Waals surface area (Å²) in [5.74, 6) is 2.32. The normalized spacial score (nSPS) is 22.5. The summed E-state index contributed by atoms with van der Waals surface area (Å²) in [6.07, 6.45) is 20.3. The van der Waals surface area contributed by atoms with E-state index in [-0.39, 0.29) is 5.97 Å². The Bertz CT molecular complexity index is 422. The van der Waals surface area contributed by atoms with Crippen molar-refractivity contribution in [2.75, 3.05) is 7.11 Å². The predicted molar refractivity (Wildman–Crippen MR) is 108 cm³/mol. The minimum Gasteiger partial charge on any atom is -0.469 e. The van der Waals surface area contributed by atoms with Crippen molar-refractivity contribution in [1.29, 1.82) is 0 Å². The van der Waals surface area contributed by atoms with Gasteiger partial charge < -0.3 is 4.74 Å². The highest BCUT2D eigenvalue weighted by Gasteiger charge is 2.25. The molecule has 1 aliphatic rings. The molecule has 1 fully saturated rings. The summed E-state index contributed by atoms with van der Waals surface area (Å²) < 4.78 is 4.69. The average Bonchev–Trinajstić information content (AvgIpc) is 3.03. The van der Waals surface area contributed by atoms with Gasteiger partial charge in [-0.1, -0.05) is 63.3 Å². The van der Waals surface area contributed by atoms with Gasteiger partial charge in [-0.2, -0.15) is 0 Å². The molecule has 0 saturated heterocycles. The summed E-state index contributed by atoms with van der Waals surface area (Å²) in [6.45, 7) is 6.91. The van der Waals surface area contributed by atoms with Gasteiger partial charge in [0, 0.05) is 6.42 Å². The number of esters is 1. The Morgan fingerprint density at radius 1 is 1.28 bits per heavy atom. The Morgan fingerprint density at radius 3 is 2.80 bits per heavy atom. The molecule has 2 heteroatoms. The van der Waals surface area contributed by atoms with E-state index < -0.39 is 0 Å². The van der Waals surface area contributed by atoms with Crippen LogP contribution in [0.5, 0.6) is 0 Å². The number of carbonyl (C=O) groups excluding carboxylic acids is 1. The number of hydrogen-bond donors (Lipinski definition) is 0. The molecule has 1 saturated carbocycles. The van der Waals surface area contributed by atoms with E-state index in [9.17, 15) is 4.79 Å². The van der Waals surface area contributed by atoms with E-state index in [4.69, 9.17) is 0 Å². The highest BCUT2D eigenvalue weighted by atomic mass is 16.5. The molecule has 1 rings (SSSR count). The van der Waals surface area contributed by atoms with Crippen molar-refractivity contribution in [3.8, 4) is 0 Å². The molecule has 0 N–H and O–H groups in total. The first-order valence-electron chi connectivity index (χ1n) is 10.5. The SMILES string of the molecule is CCCCC(C)CC=C[C@H]1CCC[C@@H]1CC(C)=CCCCC(=O)OC. The summed E-state index contributed by atoms with van der Waals surface area (Å²) in [5.41, 5.74) is 1.49. The molecule has 0 bridgehead atoms. The average molecular weight is 349 g/mol. The van der Waals surface area contributed by atoms with Gasteiger partial charge in [0.1, 0.15) is 0 Å². The first kappa shape index (κ1) is 22.0. The highest BCUT2D eigenvalue weighted by molar-refractivity contribution is 5.69. The minimum atomic E-state index is -0.0970. The fraction of sp³-hybridized carbons (Fsp3) is 0.783. The molecular formula is C23H40O2. The number of methoxy groups -OCH3 is 1. The molecule has 0 heterocycles. The number of allylic oxidation sites excluding steroid dienone is 4. The van der Waals surface area contributed by atoms with Gasteiger partial charge in [-0.05, 0) is 63.2 Å². The molecule has 144 valence electrons. The van der Waals surface area contributed by atoms with Crippen LogP contribution in [0.1, 0.15) is 91.4 Å². The van der Waals surface area contributed by atoms with Crippen LogP contribution in [0.3, 0.4) is 0 Å². The number of rotatable bonds is 12. The fourth-order valence-corrected chi connectivity index (χ4v) is 3.92. The maximum absolute atomic E-state index is 11.1. The molecule has 2 nitrogen and oxygen atoms in total. The molecule has 0 amide bonds. The zero-order valence-electron chi connectivity index (χ0n) is 17.1. The summed E-state index contributed by atoms with van der Waals surface area (Å²) in [5, 5.41) is 0. The first-order chi connectivity index (χ1) is 12.1. The van der Waals surface area contributed by atoms with Crippen molar-refractivity contribution < 1.29 is 9.53 Å². The molecular weight excluding hydrogens is 308 g/mol. The molecule has 0 aliphatic heterocycles. The number of ether oxygens (including phenoxy) is 1. The Hall–Kier alpha value is -1.05. The number of carbonyl (C=O) groups is 1. The zero-order chi connectivity index (χ0) is 18.5. The van der Waals surface area contributed by atoms with Crippen LogP contribution >= 0.6 is 0 Å². The van der Waals surface area contributed by atoms with Gasteiger partial charge in [0.15, 0.2) is 0 Å². The maximum atomic E-state index is 11.1. The van der Waals surface area contributed by atoms with Crippen molar-refractivity contribution in [3.05, 3.63) is 23.8 Å². The van der Waals surface area contributed by atoms with Crippen molar-refractivity contribution >= 4 is 5.97 Å². The second kappa shape index (κ2) is 13.2.